The summed E-state index contributed by atoms with van der Waals surface area (Å²) in [4.78, 5) is 24.5. The molecule has 1 aromatic heterocycles. The third kappa shape index (κ3) is 3.59. The second-order valence-corrected chi connectivity index (χ2v) is 5.97. The molecule has 0 atom stereocenters. The Bertz CT molecular complexity index is 911. The van der Waals surface area contributed by atoms with E-state index in [4.69, 9.17) is 4.74 Å². The van der Waals surface area contributed by atoms with E-state index in [9.17, 15) is 9.59 Å². The fourth-order valence-electron chi connectivity index (χ4n) is 3.13. The molecule has 4 nitrogen and oxygen atoms in total. The molecule has 1 heterocycles. The molecule has 2 aromatic carbocycles. The summed E-state index contributed by atoms with van der Waals surface area (Å²) >= 11 is 0. The number of benzene rings is 2. The third-order valence-electron chi connectivity index (χ3n) is 4.15. The zero-order valence-electron chi connectivity index (χ0n) is 14.9. The SMILES string of the molecule is CCOC(=O)Cc1cc(-c2ccccc2)c(-c2ccccc2)n1C(C)=O. The lowest BCUT2D eigenvalue weighted by molar-refractivity contribution is -0.142. The van der Waals surface area contributed by atoms with Gasteiger partial charge in [0.05, 0.1) is 18.7 Å². The first-order valence-electron chi connectivity index (χ1n) is 8.63. The monoisotopic (exact) mass is 347 g/mol. The molecule has 0 N–H and O–H groups in total. The minimum absolute atomic E-state index is 0.0556. The highest BCUT2D eigenvalue weighted by molar-refractivity contribution is 5.92. The molecular weight excluding hydrogens is 326 g/mol. The number of hydrogen-bond donors (Lipinski definition) is 0. The summed E-state index contributed by atoms with van der Waals surface area (Å²) in [5.41, 5.74) is 4.27. The van der Waals surface area contributed by atoms with Crippen molar-refractivity contribution in [2.24, 2.45) is 0 Å². The van der Waals surface area contributed by atoms with Gasteiger partial charge in [-0.1, -0.05) is 60.7 Å². The van der Waals surface area contributed by atoms with E-state index >= 15 is 0 Å². The van der Waals surface area contributed by atoms with Crippen LogP contribution in [0.25, 0.3) is 22.4 Å². The molecule has 0 unspecified atom stereocenters. The van der Waals surface area contributed by atoms with E-state index in [0.717, 1.165) is 22.4 Å². The van der Waals surface area contributed by atoms with Crippen LogP contribution in [-0.4, -0.2) is 23.1 Å². The fraction of sp³-hybridized carbons (Fsp3) is 0.182. The Labute approximate surface area is 153 Å². The number of carbonyl (C=O) groups excluding carboxylic acids is 2. The lowest BCUT2D eigenvalue weighted by Gasteiger charge is -2.11. The predicted molar refractivity (Wildman–Crippen MR) is 102 cm³/mol. The summed E-state index contributed by atoms with van der Waals surface area (Å²) in [7, 11) is 0. The van der Waals surface area contributed by atoms with E-state index in [1.807, 2.05) is 66.7 Å². The molecule has 0 aliphatic carbocycles. The summed E-state index contributed by atoms with van der Waals surface area (Å²) in [5, 5.41) is 0. The molecule has 0 amide bonds. The number of hydrogen-bond acceptors (Lipinski definition) is 3. The molecule has 0 spiro atoms. The first-order chi connectivity index (χ1) is 12.6. The number of esters is 1. The Balaban J connectivity index is 2.23. The van der Waals surface area contributed by atoms with Gasteiger partial charge < -0.3 is 4.74 Å². The van der Waals surface area contributed by atoms with Crippen LogP contribution < -0.4 is 0 Å². The molecule has 3 aromatic rings. The quantitative estimate of drug-likeness (QED) is 0.634. The molecule has 0 bridgehead atoms. The fourth-order valence-corrected chi connectivity index (χ4v) is 3.13. The van der Waals surface area contributed by atoms with Crippen molar-refractivity contribution < 1.29 is 14.3 Å². The molecule has 3 rings (SSSR count). The number of aromatic nitrogens is 1. The molecule has 0 aliphatic rings. The smallest absolute Gasteiger partial charge is 0.311 e. The van der Waals surface area contributed by atoms with Crippen molar-refractivity contribution in [3.63, 3.8) is 0 Å². The summed E-state index contributed by atoms with van der Waals surface area (Å²) in [6.45, 7) is 3.60. The summed E-state index contributed by atoms with van der Waals surface area (Å²) in [5.74, 6) is -0.475. The van der Waals surface area contributed by atoms with Crippen molar-refractivity contribution in [1.29, 1.82) is 0 Å². The average Bonchev–Trinajstić information content (AvgIpc) is 3.02. The van der Waals surface area contributed by atoms with Crippen LogP contribution in [0.5, 0.6) is 0 Å². The number of rotatable bonds is 5. The van der Waals surface area contributed by atoms with Gasteiger partial charge >= 0.3 is 5.97 Å². The number of carbonyl (C=O) groups is 2. The van der Waals surface area contributed by atoms with Gasteiger partial charge in [-0.25, -0.2) is 0 Å². The Morgan fingerprint density at radius 1 is 0.923 bits per heavy atom. The average molecular weight is 347 g/mol. The van der Waals surface area contributed by atoms with Gasteiger partial charge in [-0.15, -0.1) is 0 Å². The van der Waals surface area contributed by atoms with Gasteiger partial charge in [-0.2, -0.15) is 0 Å². The Kier molecular flexibility index (Phi) is 5.32. The maximum absolute atomic E-state index is 12.5. The molecule has 0 radical (unpaired) electrons. The lowest BCUT2D eigenvalue weighted by atomic mass is 10.0. The van der Waals surface area contributed by atoms with E-state index in [0.29, 0.717) is 12.3 Å². The lowest BCUT2D eigenvalue weighted by Crippen LogP contribution is -2.16. The van der Waals surface area contributed by atoms with Crippen molar-refractivity contribution in [2.45, 2.75) is 20.3 Å². The highest BCUT2D eigenvalue weighted by Gasteiger charge is 2.22. The zero-order valence-corrected chi connectivity index (χ0v) is 14.9. The van der Waals surface area contributed by atoms with Crippen LogP contribution >= 0.6 is 0 Å². The molecule has 26 heavy (non-hydrogen) atoms. The van der Waals surface area contributed by atoms with Crippen LogP contribution in [0.2, 0.25) is 0 Å². The van der Waals surface area contributed by atoms with Crippen molar-refractivity contribution in [1.82, 2.24) is 4.57 Å². The maximum atomic E-state index is 12.5. The van der Waals surface area contributed by atoms with Gasteiger partial charge in [-0.3, -0.25) is 14.2 Å². The standard InChI is InChI=1S/C22H21NO3/c1-3-26-21(25)15-19-14-20(17-10-6-4-7-11-17)22(23(19)16(2)24)18-12-8-5-9-13-18/h4-14H,3,15H2,1-2H3. The molecule has 132 valence electrons. The minimum atomic E-state index is -0.341. The maximum Gasteiger partial charge on any atom is 0.311 e. The zero-order chi connectivity index (χ0) is 18.5. The highest BCUT2D eigenvalue weighted by atomic mass is 16.5. The number of ether oxygens (including phenoxy) is 1. The topological polar surface area (TPSA) is 48.3 Å². The third-order valence-corrected chi connectivity index (χ3v) is 4.15. The van der Waals surface area contributed by atoms with Crippen LogP contribution in [-0.2, 0) is 16.0 Å². The first kappa shape index (κ1) is 17.7. The second-order valence-electron chi connectivity index (χ2n) is 5.97. The molecular formula is C22H21NO3. The normalized spacial score (nSPS) is 10.5. The van der Waals surface area contributed by atoms with Gasteiger partial charge in [-0.05, 0) is 24.1 Å². The van der Waals surface area contributed by atoms with Crippen molar-refractivity contribution in [3.8, 4) is 22.4 Å². The van der Waals surface area contributed by atoms with Crippen molar-refractivity contribution in [2.75, 3.05) is 6.61 Å². The van der Waals surface area contributed by atoms with Crippen LogP contribution in [0.1, 0.15) is 24.3 Å². The second kappa shape index (κ2) is 7.83. The van der Waals surface area contributed by atoms with Crippen LogP contribution in [0.15, 0.2) is 66.7 Å². The van der Waals surface area contributed by atoms with Crippen LogP contribution in [0.4, 0.5) is 0 Å². The molecule has 0 fully saturated rings. The van der Waals surface area contributed by atoms with Gasteiger partial charge in [0.25, 0.3) is 0 Å². The van der Waals surface area contributed by atoms with E-state index in [1.165, 1.54) is 6.92 Å². The van der Waals surface area contributed by atoms with Gasteiger partial charge in [0, 0.05) is 18.2 Å². The first-order valence-corrected chi connectivity index (χ1v) is 8.63. The highest BCUT2D eigenvalue weighted by Crippen LogP contribution is 2.35. The van der Waals surface area contributed by atoms with E-state index in [1.54, 1.807) is 11.5 Å². The molecule has 0 aliphatic heterocycles. The molecule has 0 saturated carbocycles. The molecule has 0 saturated heterocycles. The summed E-state index contributed by atoms with van der Waals surface area (Å²) in [6, 6.07) is 21.5. The summed E-state index contributed by atoms with van der Waals surface area (Å²) < 4.78 is 6.70. The van der Waals surface area contributed by atoms with Crippen molar-refractivity contribution in [3.05, 3.63) is 72.4 Å². The van der Waals surface area contributed by atoms with Gasteiger partial charge in [0.2, 0.25) is 5.91 Å². The Morgan fingerprint density at radius 3 is 2.04 bits per heavy atom. The van der Waals surface area contributed by atoms with E-state index in [2.05, 4.69) is 0 Å². The molecule has 4 heteroatoms. The van der Waals surface area contributed by atoms with Gasteiger partial charge in [0.1, 0.15) is 0 Å². The predicted octanol–water partition coefficient (Wildman–Crippen LogP) is 4.59. The Morgan fingerprint density at radius 2 is 1.50 bits per heavy atom. The number of nitrogens with zero attached hydrogens (tertiary/aromatic N) is 1. The summed E-state index contributed by atoms with van der Waals surface area (Å²) in [6.07, 6.45) is 0.0556. The van der Waals surface area contributed by atoms with Crippen LogP contribution in [0.3, 0.4) is 0 Å². The Hall–Kier alpha value is -3.14. The van der Waals surface area contributed by atoms with E-state index < -0.39 is 0 Å². The van der Waals surface area contributed by atoms with E-state index in [-0.39, 0.29) is 18.3 Å². The largest absolute Gasteiger partial charge is 0.466 e. The minimum Gasteiger partial charge on any atom is -0.466 e. The van der Waals surface area contributed by atoms with Crippen molar-refractivity contribution >= 4 is 11.9 Å². The van der Waals surface area contributed by atoms with Gasteiger partial charge in [0.15, 0.2) is 0 Å². The van der Waals surface area contributed by atoms with Crippen LogP contribution in [0, 0.1) is 0 Å².